The normalized spacial score (nSPS) is 12.0. The highest BCUT2D eigenvalue weighted by molar-refractivity contribution is 6.11. The monoisotopic (exact) mass is 831 g/mol. The van der Waals surface area contributed by atoms with Gasteiger partial charge in [0.2, 0.25) is 0 Å². The molecule has 0 bridgehead atoms. The lowest BCUT2D eigenvalue weighted by Crippen LogP contribution is -2.17. The number of aryl methyl sites for hydroxylation is 1. The maximum atomic E-state index is 16.4. The van der Waals surface area contributed by atoms with Crippen molar-refractivity contribution < 1.29 is 13.2 Å². The first-order valence-corrected chi connectivity index (χ1v) is 20.2. The van der Waals surface area contributed by atoms with Gasteiger partial charge in [0.15, 0.2) is 0 Å². The fraction of sp³-hybridized carbons (Fsp3) is 0.0556. The Kier molecular flexibility index (Phi) is 9.20. The number of alkyl halides is 3. The lowest BCUT2D eigenvalue weighted by Gasteiger charge is -2.24. The number of allylic oxidation sites excluding steroid dienone is 1. The third-order valence-corrected chi connectivity index (χ3v) is 11.9. The van der Waals surface area contributed by atoms with Crippen LogP contribution in [0.1, 0.15) is 51.1 Å². The number of nitrogens with zero attached hydrogens (tertiary/aromatic N) is 7. The van der Waals surface area contributed by atoms with Crippen molar-refractivity contribution in [3.05, 3.63) is 184 Å². The summed E-state index contributed by atoms with van der Waals surface area (Å²) in [5, 5.41) is 50.9. The van der Waals surface area contributed by atoms with Crippen molar-refractivity contribution in [1.29, 1.82) is 26.3 Å². The minimum absolute atomic E-state index is 0.106. The van der Waals surface area contributed by atoms with E-state index in [2.05, 4.69) is 30.3 Å². The summed E-state index contributed by atoms with van der Waals surface area (Å²) in [6, 6.07) is 48.5. The maximum Gasteiger partial charge on any atom is 0.420 e. The van der Waals surface area contributed by atoms with Crippen LogP contribution in [0.25, 0.3) is 83.5 Å². The van der Waals surface area contributed by atoms with E-state index < -0.39 is 11.7 Å². The van der Waals surface area contributed by atoms with Crippen molar-refractivity contribution in [3.63, 3.8) is 0 Å². The number of nitriles is 5. The first-order valence-electron chi connectivity index (χ1n) is 20.2. The average molecular weight is 832 g/mol. The van der Waals surface area contributed by atoms with Crippen LogP contribution in [-0.2, 0) is 12.6 Å². The van der Waals surface area contributed by atoms with Gasteiger partial charge in [-0.25, -0.2) is 0 Å². The molecule has 10 rings (SSSR count). The van der Waals surface area contributed by atoms with Crippen LogP contribution in [0.15, 0.2) is 140 Å². The third-order valence-electron chi connectivity index (χ3n) is 11.9. The molecular weight excluding hydrogens is 804 g/mol. The van der Waals surface area contributed by atoms with Gasteiger partial charge in [-0.05, 0) is 149 Å². The highest BCUT2D eigenvalue weighted by Gasteiger charge is 2.40. The average Bonchev–Trinajstić information content (AvgIpc) is 3.85. The lowest BCUT2D eigenvalue weighted by molar-refractivity contribution is -0.137. The number of benzene rings is 7. The van der Waals surface area contributed by atoms with Crippen molar-refractivity contribution in [2.75, 3.05) is 0 Å². The Bertz CT molecular complexity index is 3670. The van der Waals surface area contributed by atoms with Gasteiger partial charge in [0, 0.05) is 21.9 Å². The van der Waals surface area contributed by atoms with Gasteiger partial charge in [0.25, 0.3) is 0 Å². The van der Waals surface area contributed by atoms with Gasteiger partial charge in [-0.3, -0.25) is 0 Å². The van der Waals surface area contributed by atoms with Gasteiger partial charge in [-0.2, -0.15) is 39.5 Å². The highest BCUT2D eigenvalue weighted by Crippen LogP contribution is 2.47. The van der Waals surface area contributed by atoms with Crippen LogP contribution in [0.2, 0.25) is 0 Å². The Morgan fingerprint density at radius 2 is 0.938 bits per heavy atom. The fourth-order valence-corrected chi connectivity index (χ4v) is 9.12. The molecule has 10 heteroatoms. The molecule has 0 radical (unpaired) electrons. The zero-order valence-electron chi connectivity index (χ0n) is 33.5. The molecule has 9 aromatic rings. The molecule has 0 saturated carbocycles. The number of hydrogen-bond acceptors (Lipinski definition) is 5. The van der Waals surface area contributed by atoms with Crippen LogP contribution in [0.3, 0.4) is 0 Å². The van der Waals surface area contributed by atoms with E-state index in [9.17, 15) is 26.3 Å². The minimum atomic E-state index is -4.89. The molecule has 0 saturated heterocycles. The topological polar surface area (TPSA) is 129 Å². The number of para-hydroxylation sites is 1. The molecule has 2 aromatic heterocycles. The SMILES string of the molecule is N#Cc1cccc(-c2cc(-n3c4c(c5cc(-c6cc(C#N)cc(C#N)c6)ccc53)CCC=C4)c(C(F)(F)F)c(-n3c4ccccc4c4cc(-c5cc(C#N)cc(C#N)c5)ccc43)c2)c1. The van der Waals surface area contributed by atoms with Crippen LogP contribution in [0, 0.1) is 56.7 Å². The van der Waals surface area contributed by atoms with E-state index in [1.54, 1.807) is 106 Å². The number of halogens is 3. The predicted octanol–water partition coefficient (Wildman–Crippen LogP) is 13.1. The van der Waals surface area contributed by atoms with Crippen molar-refractivity contribution in [2.24, 2.45) is 0 Å². The van der Waals surface area contributed by atoms with E-state index >= 15 is 13.2 Å². The van der Waals surface area contributed by atoms with Crippen LogP contribution in [0.4, 0.5) is 13.2 Å². The van der Waals surface area contributed by atoms with Gasteiger partial charge < -0.3 is 9.13 Å². The molecule has 0 spiro atoms. The zero-order chi connectivity index (χ0) is 44.3. The summed E-state index contributed by atoms with van der Waals surface area (Å²) >= 11 is 0. The quantitative estimate of drug-likeness (QED) is 0.170. The van der Waals surface area contributed by atoms with Crippen LogP contribution >= 0.6 is 0 Å². The standard InChI is InChI=1S/C54H28F3N7/c55-54(56,57)53-51(63-47-10-3-1-8-43(47)45-23-38(12-14-49(45)63)40-19-33(28-59)16-34(20-40)29-60)25-42(37-7-5-6-32(18-37)27-58)26-52(53)64-48-11-4-2-9-44(48)46-24-39(13-15-50(46)64)41-21-35(30-61)17-36(22-41)31-62/h1,3-8,10-26H,2,9H2. The molecule has 0 N–H and O–H groups in total. The van der Waals surface area contributed by atoms with E-state index in [1.165, 1.54) is 12.1 Å². The Labute approximate surface area is 364 Å². The lowest BCUT2D eigenvalue weighted by atomic mass is 9.96. The second-order valence-electron chi connectivity index (χ2n) is 15.6. The van der Waals surface area contributed by atoms with Crippen molar-refractivity contribution in [3.8, 4) is 75.1 Å². The molecule has 300 valence electrons. The van der Waals surface area contributed by atoms with Gasteiger partial charge in [0.05, 0.1) is 86.1 Å². The van der Waals surface area contributed by atoms with Crippen molar-refractivity contribution in [1.82, 2.24) is 9.13 Å². The molecule has 7 aromatic carbocycles. The summed E-state index contributed by atoms with van der Waals surface area (Å²) in [5.41, 5.74) is 7.21. The first-order chi connectivity index (χ1) is 31.1. The summed E-state index contributed by atoms with van der Waals surface area (Å²) in [5.74, 6) is 0. The zero-order valence-corrected chi connectivity index (χ0v) is 33.5. The number of aromatic nitrogens is 2. The summed E-state index contributed by atoms with van der Waals surface area (Å²) in [6.07, 6.45) is 0.180. The number of rotatable bonds is 5. The molecule has 0 amide bonds. The molecule has 64 heavy (non-hydrogen) atoms. The predicted molar refractivity (Wildman–Crippen MR) is 240 cm³/mol. The Morgan fingerprint density at radius 3 is 1.53 bits per heavy atom. The molecule has 0 atom stereocenters. The van der Waals surface area contributed by atoms with Crippen LogP contribution < -0.4 is 0 Å². The van der Waals surface area contributed by atoms with E-state index in [0.29, 0.717) is 107 Å². The number of hydrogen-bond donors (Lipinski definition) is 0. The van der Waals surface area contributed by atoms with Gasteiger partial charge >= 0.3 is 6.18 Å². The van der Waals surface area contributed by atoms with E-state index in [1.807, 2.05) is 36.4 Å². The van der Waals surface area contributed by atoms with Gasteiger partial charge in [-0.15, -0.1) is 0 Å². The highest BCUT2D eigenvalue weighted by atomic mass is 19.4. The molecule has 0 fully saturated rings. The van der Waals surface area contributed by atoms with Crippen LogP contribution in [0.5, 0.6) is 0 Å². The summed E-state index contributed by atoms with van der Waals surface area (Å²) in [4.78, 5) is 0. The van der Waals surface area contributed by atoms with Crippen molar-refractivity contribution in [2.45, 2.75) is 19.0 Å². The molecular formula is C54H28F3N7. The van der Waals surface area contributed by atoms with E-state index in [4.69, 9.17) is 0 Å². The van der Waals surface area contributed by atoms with Crippen LogP contribution in [-0.4, -0.2) is 9.13 Å². The van der Waals surface area contributed by atoms with Crippen molar-refractivity contribution >= 4 is 38.8 Å². The smallest absolute Gasteiger partial charge is 0.309 e. The largest absolute Gasteiger partial charge is 0.420 e. The Morgan fingerprint density at radius 1 is 0.438 bits per heavy atom. The molecule has 1 aliphatic rings. The molecule has 1 aliphatic carbocycles. The molecule has 0 unspecified atom stereocenters. The fourth-order valence-electron chi connectivity index (χ4n) is 9.12. The molecule has 2 heterocycles. The minimum Gasteiger partial charge on any atom is -0.309 e. The van der Waals surface area contributed by atoms with E-state index in [-0.39, 0.29) is 11.4 Å². The summed E-state index contributed by atoms with van der Waals surface area (Å²) in [6.45, 7) is 0. The van der Waals surface area contributed by atoms with E-state index in [0.717, 1.165) is 10.9 Å². The molecule has 7 nitrogen and oxygen atoms in total. The first kappa shape index (κ1) is 39.0. The third kappa shape index (κ3) is 6.42. The molecule has 0 aliphatic heterocycles. The van der Waals surface area contributed by atoms with Gasteiger partial charge in [0.1, 0.15) is 5.56 Å². The second-order valence-corrected chi connectivity index (χ2v) is 15.6. The summed E-state index contributed by atoms with van der Waals surface area (Å²) in [7, 11) is 0. The Balaban J connectivity index is 1.30. The Hall–Kier alpha value is -9.14. The maximum absolute atomic E-state index is 16.4. The number of fused-ring (bicyclic) bond motifs is 6. The summed E-state index contributed by atoms with van der Waals surface area (Å²) < 4.78 is 52.7. The van der Waals surface area contributed by atoms with Gasteiger partial charge in [-0.1, -0.05) is 48.5 Å². The second kappa shape index (κ2) is 15.1.